The number of ether oxygens (including phenoxy) is 1. The lowest BCUT2D eigenvalue weighted by atomic mass is 10.1. The van der Waals surface area contributed by atoms with Gasteiger partial charge in [-0.1, -0.05) is 6.07 Å². The molecule has 2 heterocycles. The first-order valence-electron chi connectivity index (χ1n) is 9.47. The van der Waals surface area contributed by atoms with Crippen LogP contribution in [0.25, 0.3) is 5.69 Å². The number of halogens is 3. The van der Waals surface area contributed by atoms with Gasteiger partial charge in [0.2, 0.25) is 0 Å². The molecule has 2 aromatic heterocycles. The molecule has 0 atom stereocenters. The molecule has 0 radical (unpaired) electrons. The minimum absolute atomic E-state index is 0.0316. The van der Waals surface area contributed by atoms with Gasteiger partial charge in [-0.2, -0.15) is 18.3 Å². The summed E-state index contributed by atoms with van der Waals surface area (Å²) in [6, 6.07) is 4.82. The minimum Gasteiger partial charge on any atom is -0.461 e. The predicted octanol–water partition coefficient (Wildman–Crippen LogP) is 4.65. The molecule has 0 unspecified atom stereocenters. The molecular weight excluding hydrogens is 433 g/mol. The van der Waals surface area contributed by atoms with Crippen LogP contribution in [-0.2, 0) is 10.9 Å². The molecule has 11 heteroatoms. The Labute approximate surface area is 178 Å². The van der Waals surface area contributed by atoms with Crippen molar-refractivity contribution in [2.75, 3.05) is 11.9 Å². The molecule has 0 spiro atoms. The Bertz CT molecular complexity index is 1130. The Balaban J connectivity index is 1.61. The number of carbonyl (C=O) groups excluding carboxylic acids is 2. The van der Waals surface area contributed by atoms with Crippen LogP contribution in [0.1, 0.15) is 57.8 Å². The Morgan fingerprint density at radius 2 is 2.10 bits per heavy atom. The lowest BCUT2D eigenvalue weighted by molar-refractivity contribution is -0.137. The number of alkyl halides is 3. The third-order valence-electron chi connectivity index (χ3n) is 4.64. The predicted molar refractivity (Wildman–Crippen MR) is 107 cm³/mol. The zero-order valence-corrected chi connectivity index (χ0v) is 17.1. The van der Waals surface area contributed by atoms with E-state index < -0.39 is 23.6 Å². The third kappa shape index (κ3) is 4.46. The molecule has 1 aliphatic rings. The molecular formula is C20H17F3N4O3S. The number of benzene rings is 1. The van der Waals surface area contributed by atoms with E-state index >= 15 is 0 Å². The number of hydrogen-bond acceptors (Lipinski definition) is 6. The van der Waals surface area contributed by atoms with Crippen LogP contribution in [-0.4, -0.2) is 33.2 Å². The van der Waals surface area contributed by atoms with Gasteiger partial charge in [0.15, 0.2) is 10.8 Å². The van der Waals surface area contributed by atoms with E-state index in [9.17, 15) is 22.8 Å². The number of carbonyl (C=O) groups is 2. The van der Waals surface area contributed by atoms with Crippen molar-refractivity contribution in [3.05, 3.63) is 58.4 Å². The fourth-order valence-corrected chi connectivity index (χ4v) is 3.77. The number of thiazole rings is 1. The first-order valence-corrected chi connectivity index (χ1v) is 10.4. The molecule has 31 heavy (non-hydrogen) atoms. The highest BCUT2D eigenvalue weighted by atomic mass is 32.1. The van der Waals surface area contributed by atoms with E-state index in [0.717, 1.165) is 36.3 Å². The maximum Gasteiger partial charge on any atom is 0.416 e. The van der Waals surface area contributed by atoms with Gasteiger partial charge in [0, 0.05) is 11.3 Å². The molecule has 0 bridgehead atoms. The molecule has 162 valence electrons. The second-order valence-electron chi connectivity index (χ2n) is 6.89. The Morgan fingerprint density at radius 1 is 1.32 bits per heavy atom. The van der Waals surface area contributed by atoms with Gasteiger partial charge in [-0.05, 0) is 38.0 Å². The van der Waals surface area contributed by atoms with Crippen molar-refractivity contribution in [3.63, 3.8) is 0 Å². The van der Waals surface area contributed by atoms with Crippen LogP contribution >= 0.6 is 11.3 Å². The summed E-state index contributed by atoms with van der Waals surface area (Å²) in [5.74, 6) is -1.05. The smallest absolute Gasteiger partial charge is 0.416 e. The lowest BCUT2D eigenvalue weighted by Crippen LogP contribution is -2.15. The van der Waals surface area contributed by atoms with Gasteiger partial charge in [-0.15, -0.1) is 11.3 Å². The van der Waals surface area contributed by atoms with Gasteiger partial charge >= 0.3 is 12.1 Å². The summed E-state index contributed by atoms with van der Waals surface area (Å²) in [6.45, 7) is 1.88. The van der Waals surface area contributed by atoms with Gasteiger partial charge in [0.1, 0.15) is 0 Å². The maximum absolute atomic E-state index is 13.1. The van der Waals surface area contributed by atoms with E-state index in [1.165, 1.54) is 28.4 Å². The standard InChI is InChI=1S/C20H17F3N4O3S/c1-2-30-18(29)15-10-31-19(25-15)26-17(28)14-9-24-27(16(14)11-6-7-11)13-5-3-4-12(8-13)20(21,22)23/h3-5,8-11H,2,6-7H2,1H3,(H,25,26,28). The van der Waals surface area contributed by atoms with Crippen LogP contribution in [0.5, 0.6) is 0 Å². The van der Waals surface area contributed by atoms with Gasteiger partial charge < -0.3 is 4.74 Å². The Kier molecular flexibility index (Phi) is 5.52. The number of nitrogens with zero attached hydrogens (tertiary/aromatic N) is 3. The van der Waals surface area contributed by atoms with Crippen LogP contribution < -0.4 is 5.32 Å². The number of hydrogen-bond donors (Lipinski definition) is 1. The van der Waals surface area contributed by atoms with Gasteiger partial charge in [0.05, 0.1) is 35.3 Å². The molecule has 3 aromatic rings. The fourth-order valence-electron chi connectivity index (χ4n) is 3.10. The highest BCUT2D eigenvalue weighted by Crippen LogP contribution is 2.43. The van der Waals surface area contributed by atoms with Crippen molar-refractivity contribution in [2.45, 2.75) is 31.9 Å². The highest BCUT2D eigenvalue weighted by Gasteiger charge is 2.34. The number of anilines is 1. The van der Waals surface area contributed by atoms with E-state index in [1.54, 1.807) is 6.92 Å². The van der Waals surface area contributed by atoms with Crippen molar-refractivity contribution in [3.8, 4) is 5.69 Å². The molecule has 1 amide bonds. The van der Waals surface area contributed by atoms with Gasteiger partial charge in [0.25, 0.3) is 5.91 Å². The maximum atomic E-state index is 13.1. The summed E-state index contributed by atoms with van der Waals surface area (Å²) in [6.07, 6.45) is -1.52. The summed E-state index contributed by atoms with van der Waals surface area (Å²) < 4.78 is 45.6. The normalized spacial score (nSPS) is 13.8. The average Bonchev–Trinajstić information content (AvgIpc) is 3.29. The summed E-state index contributed by atoms with van der Waals surface area (Å²) in [5.41, 5.74) is 0.341. The summed E-state index contributed by atoms with van der Waals surface area (Å²) in [4.78, 5) is 28.6. The summed E-state index contributed by atoms with van der Waals surface area (Å²) in [7, 11) is 0. The second-order valence-corrected chi connectivity index (χ2v) is 7.75. The lowest BCUT2D eigenvalue weighted by Gasteiger charge is -2.12. The molecule has 1 aromatic carbocycles. The summed E-state index contributed by atoms with van der Waals surface area (Å²) in [5, 5.41) is 8.50. The number of aromatic nitrogens is 3. The molecule has 1 N–H and O–H groups in total. The molecule has 0 saturated heterocycles. The van der Waals surface area contributed by atoms with E-state index in [4.69, 9.17) is 4.74 Å². The minimum atomic E-state index is -4.48. The molecule has 1 aliphatic carbocycles. The topological polar surface area (TPSA) is 86.1 Å². The quantitative estimate of drug-likeness (QED) is 0.553. The van der Waals surface area contributed by atoms with Crippen LogP contribution in [0.2, 0.25) is 0 Å². The highest BCUT2D eigenvalue weighted by molar-refractivity contribution is 7.14. The van der Waals surface area contributed by atoms with E-state index in [-0.39, 0.29) is 34.6 Å². The largest absolute Gasteiger partial charge is 0.461 e. The number of rotatable bonds is 6. The SMILES string of the molecule is CCOC(=O)c1csc(NC(=O)c2cnn(-c3cccc(C(F)(F)F)c3)c2C2CC2)n1. The summed E-state index contributed by atoms with van der Waals surface area (Å²) >= 11 is 1.07. The molecule has 7 nitrogen and oxygen atoms in total. The molecule has 1 fully saturated rings. The third-order valence-corrected chi connectivity index (χ3v) is 5.40. The fraction of sp³-hybridized carbons (Fsp3) is 0.300. The van der Waals surface area contributed by atoms with Crippen molar-refractivity contribution in [1.29, 1.82) is 0 Å². The zero-order valence-electron chi connectivity index (χ0n) is 16.3. The van der Waals surface area contributed by atoms with Gasteiger partial charge in [-0.25, -0.2) is 14.5 Å². The number of esters is 1. The van der Waals surface area contributed by atoms with E-state index in [2.05, 4.69) is 15.4 Å². The first kappa shape index (κ1) is 21.0. The second kappa shape index (κ2) is 8.14. The van der Waals surface area contributed by atoms with E-state index in [1.807, 2.05) is 0 Å². The average molecular weight is 450 g/mol. The molecule has 0 aliphatic heterocycles. The van der Waals surface area contributed by atoms with Crippen LogP contribution in [0.3, 0.4) is 0 Å². The number of nitrogens with one attached hydrogen (secondary N) is 1. The van der Waals surface area contributed by atoms with Crippen molar-refractivity contribution < 1.29 is 27.5 Å². The van der Waals surface area contributed by atoms with Crippen LogP contribution in [0.15, 0.2) is 35.8 Å². The van der Waals surface area contributed by atoms with Crippen molar-refractivity contribution >= 4 is 28.3 Å². The van der Waals surface area contributed by atoms with E-state index in [0.29, 0.717) is 5.69 Å². The van der Waals surface area contributed by atoms with Crippen molar-refractivity contribution in [2.24, 2.45) is 0 Å². The Morgan fingerprint density at radius 3 is 2.77 bits per heavy atom. The van der Waals surface area contributed by atoms with Crippen LogP contribution in [0, 0.1) is 0 Å². The first-order chi connectivity index (χ1) is 14.8. The number of amides is 1. The zero-order chi connectivity index (χ0) is 22.2. The Hall–Kier alpha value is -3.21. The van der Waals surface area contributed by atoms with Crippen molar-refractivity contribution in [1.82, 2.24) is 14.8 Å². The monoisotopic (exact) mass is 450 g/mol. The molecule has 1 saturated carbocycles. The van der Waals surface area contributed by atoms with Crippen LogP contribution in [0.4, 0.5) is 18.3 Å². The molecule has 4 rings (SSSR count). The van der Waals surface area contributed by atoms with Gasteiger partial charge in [-0.3, -0.25) is 10.1 Å².